The molecule has 5 heteroatoms. The van der Waals surface area contributed by atoms with Gasteiger partial charge in [0.05, 0.1) is 0 Å². The van der Waals surface area contributed by atoms with E-state index in [2.05, 4.69) is 10.6 Å². The lowest BCUT2D eigenvalue weighted by Crippen LogP contribution is -2.30. The number of benzene rings is 2. The molecule has 0 bridgehead atoms. The first kappa shape index (κ1) is 17.0. The van der Waals surface area contributed by atoms with Crippen LogP contribution < -0.4 is 10.6 Å². The van der Waals surface area contributed by atoms with Crippen LogP contribution in [0, 0.1) is 13.8 Å². The first-order valence-corrected chi connectivity index (χ1v) is 7.77. The van der Waals surface area contributed by atoms with E-state index in [-0.39, 0.29) is 0 Å². The lowest BCUT2D eigenvalue weighted by Gasteiger charge is -2.13. The molecule has 2 aromatic carbocycles. The van der Waals surface area contributed by atoms with Gasteiger partial charge < -0.3 is 10.6 Å². The van der Waals surface area contributed by atoms with Crippen LogP contribution in [0.3, 0.4) is 0 Å². The Kier molecular flexibility index (Phi) is 5.40. The van der Waals surface area contributed by atoms with E-state index in [0.29, 0.717) is 16.4 Å². The number of carbonyl (C=O) groups is 2. The maximum Gasteiger partial charge on any atom is 0.314 e. The second-order valence-corrected chi connectivity index (χ2v) is 5.77. The second-order valence-electron chi connectivity index (χ2n) is 5.33. The third kappa shape index (κ3) is 4.11. The molecule has 0 spiro atoms. The largest absolute Gasteiger partial charge is 0.317 e. The van der Waals surface area contributed by atoms with E-state index >= 15 is 0 Å². The minimum atomic E-state index is -0.722. The minimum Gasteiger partial charge on any atom is -0.317 e. The zero-order chi connectivity index (χ0) is 17.0. The number of aryl methyl sites for hydroxylation is 3. The average molecular weight is 331 g/mol. The molecule has 0 aromatic heterocycles. The van der Waals surface area contributed by atoms with E-state index in [9.17, 15) is 9.59 Å². The topological polar surface area (TPSA) is 58.2 Å². The van der Waals surface area contributed by atoms with Crippen molar-refractivity contribution in [1.82, 2.24) is 0 Å². The van der Waals surface area contributed by atoms with Crippen molar-refractivity contribution in [2.45, 2.75) is 27.2 Å². The molecule has 0 atom stereocenters. The molecule has 0 heterocycles. The SMILES string of the molecule is CCc1cccc(C)c1NC(=O)C(=O)Nc1cc(Cl)ccc1C. The molecule has 0 saturated carbocycles. The Labute approximate surface area is 140 Å². The van der Waals surface area contributed by atoms with Gasteiger partial charge in [0.25, 0.3) is 0 Å². The van der Waals surface area contributed by atoms with Crippen molar-refractivity contribution in [2.24, 2.45) is 0 Å². The molecule has 2 N–H and O–H groups in total. The van der Waals surface area contributed by atoms with Crippen molar-refractivity contribution in [2.75, 3.05) is 10.6 Å². The number of anilines is 2. The Balaban J connectivity index is 2.15. The van der Waals surface area contributed by atoms with Crippen LogP contribution in [0.5, 0.6) is 0 Å². The Bertz CT molecular complexity index is 757. The number of halogens is 1. The maximum absolute atomic E-state index is 12.2. The first-order valence-electron chi connectivity index (χ1n) is 7.39. The third-order valence-corrected chi connectivity index (χ3v) is 3.87. The van der Waals surface area contributed by atoms with Crippen LogP contribution in [0.2, 0.25) is 5.02 Å². The highest BCUT2D eigenvalue weighted by Crippen LogP contribution is 2.22. The van der Waals surface area contributed by atoms with E-state index in [1.165, 1.54) is 0 Å². The van der Waals surface area contributed by atoms with E-state index in [4.69, 9.17) is 11.6 Å². The van der Waals surface area contributed by atoms with Gasteiger partial charge in [-0.1, -0.05) is 42.8 Å². The standard InChI is InChI=1S/C18H19ClN2O2/c1-4-13-7-5-6-12(3)16(13)21-18(23)17(22)20-15-10-14(19)9-8-11(15)2/h5-10H,4H2,1-3H3,(H,20,22)(H,21,23). The molecule has 2 amide bonds. The zero-order valence-electron chi connectivity index (χ0n) is 13.4. The van der Waals surface area contributed by atoms with Gasteiger partial charge in [0.15, 0.2) is 0 Å². The predicted octanol–water partition coefficient (Wildman–Crippen LogP) is 4.10. The number of hydrogen-bond acceptors (Lipinski definition) is 2. The average Bonchev–Trinajstić information content (AvgIpc) is 2.52. The van der Waals surface area contributed by atoms with Crippen molar-refractivity contribution in [1.29, 1.82) is 0 Å². The summed E-state index contributed by atoms with van der Waals surface area (Å²) in [7, 11) is 0. The van der Waals surface area contributed by atoms with E-state index in [1.807, 2.05) is 39.0 Å². The van der Waals surface area contributed by atoms with Crippen molar-refractivity contribution in [3.63, 3.8) is 0 Å². The van der Waals surface area contributed by atoms with Crippen LogP contribution in [-0.4, -0.2) is 11.8 Å². The fourth-order valence-electron chi connectivity index (χ4n) is 2.28. The van der Waals surface area contributed by atoms with Crippen LogP contribution in [-0.2, 0) is 16.0 Å². The molecule has 0 fully saturated rings. The van der Waals surface area contributed by atoms with Gasteiger partial charge in [-0.05, 0) is 49.1 Å². The van der Waals surface area contributed by atoms with Gasteiger partial charge in [0, 0.05) is 16.4 Å². The number of carbonyl (C=O) groups excluding carboxylic acids is 2. The molecule has 0 aliphatic carbocycles. The minimum absolute atomic E-state index is 0.499. The predicted molar refractivity (Wildman–Crippen MR) is 94.0 cm³/mol. The summed E-state index contributed by atoms with van der Waals surface area (Å²) >= 11 is 5.92. The van der Waals surface area contributed by atoms with Gasteiger partial charge in [-0.25, -0.2) is 0 Å². The molecule has 0 radical (unpaired) electrons. The van der Waals surface area contributed by atoms with Crippen LogP contribution in [0.15, 0.2) is 36.4 Å². The molecule has 0 aliphatic rings. The number of nitrogens with one attached hydrogen (secondary N) is 2. The van der Waals surface area contributed by atoms with Gasteiger partial charge in [-0.15, -0.1) is 0 Å². The summed E-state index contributed by atoms with van der Waals surface area (Å²) in [6.45, 7) is 5.73. The summed E-state index contributed by atoms with van der Waals surface area (Å²) < 4.78 is 0. The highest BCUT2D eigenvalue weighted by Gasteiger charge is 2.17. The Hall–Kier alpha value is -2.33. The second kappa shape index (κ2) is 7.29. The summed E-state index contributed by atoms with van der Waals surface area (Å²) in [6.07, 6.45) is 0.770. The van der Waals surface area contributed by atoms with Crippen molar-refractivity contribution >= 4 is 34.8 Å². The van der Waals surface area contributed by atoms with Crippen molar-refractivity contribution < 1.29 is 9.59 Å². The van der Waals surface area contributed by atoms with Gasteiger partial charge in [-0.3, -0.25) is 9.59 Å². The van der Waals surface area contributed by atoms with Gasteiger partial charge in [-0.2, -0.15) is 0 Å². The van der Waals surface area contributed by atoms with Gasteiger partial charge in [0.1, 0.15) is 0 Å². The Morgan fingerprint density at radius 3 is 2.39 bits per heavy atom. The quantitative estimate of drug-likeness (QED) is 0.832. The fourth-order valence-corrected chi connectivity index (χ4v) is 2.45. The Morgan fingerprint density at radius 2 is 1.70 bits per heavy atom. The third-order valence-electron chi connectivity index (χ3n) is 3.63. The van der Waals surface area contributed by atoms with Crippen LogP contribution in [0.1, 0.15) is 23.6 Å². The van der Waals surface area contributed by atoms with Gasteiger partial charge in [0.2, 0.25) is 0 Å². The molecular formula is C18H19ClN2O2. The van der Waals surface area contributed by atoms with E-state index in [1.54, 1.807) is 18.2 Å². The summed E-state index contributed by atoms with van der Waals surface area (Å²) in [5, 5.41) is 5.79. The molecule has 2 rings (SSSR count). The lowest BCUT2D eigenvalue weighted by molar-refractivity contribution is -0.133. The summed E-state index contributed by atoms with van der Waals surface area (Å²) in [4.78, 5) is 24.3. The van der Waals surface area contributed by atoms with Crippen molar-refractivity contribution in [3.05, 3.63) is 58.1 Å². The molecule has 0 unspecified atom stereocenters. The lowest BCUT2D eigenvalue weighted by atomic mass is 10.1. The molecule has 0 aliphatic heterocycles. The molecule has 0 saturated heterocycles. The summed E-state index contributed by atoms with van der Waals surface area (Å²) in [5.41, 5.74) is 3.96. The van der Waals surface area contributed by atoms with Crippen LogP contribution in [0.4, 0.5) is 11.4 Å². The molecule has 120 valence electrons. The first-order chi connectivity index (χ1) is 10.9. The zero-order valence-corrected chi connectivity index (χ0v) is 14.1. The highest BCUT2D eigenvalue weighted by atomic mass is 35.5. The van der Waals surface area contributed by atoms with Crippen LogP contribution >= 0.6 is 11.6 Å². The molecule has 23 heavy (non-hydrogen) atoms. The smallest absolute Gasteiger partial charge is 0.314 e. The van der Waals surface area contributed by atoms with Gasteiger partial charge >= 0.3 is 11.8 Å². The summed E-state index contributed by atoms with van der Waals surface area (Å²) in [5.74, 6) is -1.42. The highest BCUT2D eigenvalue weighted by molar-refractivity contribution is 6.44. The maximum atomic E-state index is 12.2. The van der Waals surface area contributed by atoms with E-state index in [0.717, 1.165) is 23.1 Å². The van der Waals surface area contributed by atoms with Crippen molar-refractivity contribution in [3.8, 4) is 0 Å². The molecule has 4 nitrogen and oxygen atoms in total. The summed E-state index contributed by atoms with van der Waals surface area (Å²) in [6, 6.07) is 10.9. The molecule has 2 aromatic rings. The number of rotatable bonds is 3. The molecular weight excluding hydrogens is 312 g/mol. The van der Waals surface area contributed by atoms with Crippen LogP contribution in [0.25, 0.3) is 0 Å². The number of hydrogen-bond donors (Lipinski definition) is 2. The Morgan fingerprint density at radius 1 is 1.00 bits per heavy atom. The number of amides is 2. The normalized spacial score (nSPS) is 10.3. The van der Waals surface area contributed by atoms with E-state index < -0.39 is 11.8 Å². The fraction of sp³-hybridized carbons (Fsp3) is 0.222. The number of para-hydroxylation sites is 1. The monoisotopic (exact) mass is 330 g/mol.